The van der Waals surface area contributed by atoms with Crippen LogP contribution in [0.2, 0.25) is 0 Å². The van der Waals surface area contributed by atoms with Crippen LogP contribution in [0.15, 0.2) is 54.6 Å². The van der Waals surface area contributed by atoms with Crippen LogP contribution in [0.5, 0.6) is 0 Å². The highest BCUT2D eigenvalue weighted by Gasteiger charge is 2.20. The lowest BCUT2D eigenvalue weighted by Crippen LogP contribution is -2.27. The van der Waals surface area contributed by atoms with Crippen molar-refractivity contribution in [1.29, 1.82) is 0 Å². The van der Waals surface area contributed by atoms with Gasteiger partial charge in [-0.2, -0.15) is 0 Å². The minimum Gasteiger partial charge on any atom is -0.336 e. The van der Waals surface area contributed by atoms with Crippen molar-refractivity contribution >= 4 is 35.1 Å². The van der Waals surface area contributed by atoms with Crippen molar-refractivity contribution in [2.24, 2.45) is 0 Å². The molecule has 1 heterocycles. The first-order valence-corrected chi connectivity index (χ1v) is 7.92. The average Bonchev–Trinajstić information content (AvgIpc) is 3.07. The van der Waals surface area contributed by atoms with Crippen LogP contribution in [-0.4, -0.2) is 30.0 Å². The maximum Gasteiger partial charge on any atom is 0.321 e. The van der Waals surface area contributed by atoms with Crippen molar-refractivity contribution in [2.75, 3.05) is 23.3 Å². The molecular formula is C18H16N4O4. The number of nitro groups is 1. The fraction of sp³-hybridized carbons (Fsp3) is 0.111. The van der Waals surface area contributed by atoms with Crippen LogP contribution in [-0.2, 0) is 4.79 Å². The molecule has 1 fully saturated rings. The number of carbonyl (C=O) groups excluding carboxylic acids is 2. The maximum atomic E-state index is 12.0. The van der Waals surface area contributed by atoms with Gasteiger partial charge in [0.15, 0.2) is 0 Å². The SMILES string of the molecule is O=C(/C=C/c1ccccc1[N+](=O)[O-])Nc1ccc(N2CCNC2=O)cc1. The van der Waals surface area contributed by atoms with Crippen molar-refractivity contribution < 1.29 is 14.5 Å². The average molecular weight is 352 g/mol. The number of benzene rings is 2. The number of hydrogen-bond donors (Lipinski definition) is 2. The van der Waals surface area contributed by atoms with E-state index in [0.717, 1.165) is 5.69 Å². The number of anilines is 2. The van der Waals surface area contributed by atoms with Gasteiger partial charge in [-0.05, 0) is 36.4 Å². The molecule has 132 valence electrons. The van der Waals surface area contributed by atoms with Crippen LogP contribution >= 0.6 is 0 Å². The number of nitrogens with one attached hydrogen (secondary N) is 2. The number of para-hydroxylation sites is 1. The second kappa shape index (κ2) is 7.47. The molecule has 2 N–H and O–H groups in total. The van der Waals surface area contributed by atoms with Crippen LogP contribution in [0.25, 0.3) is 6.08 Å². The van der Waals surface area contributed by atoms with E-state index in [1.807, 2.05) is 0 Å². The molecule has 0 saturated carbocycles. The molecule has 0 aromatic heterocycles. The Morgan fingerprint density at radius 2 is 1.92 bits per heavy atom. The number of rotatable bonds is 5. The van der Waals surface area contributed by atoms with Crippen molar-refractivity contribution in [3.8, 4) is 0 Å². The first-order valence-electron chi connectivity index (χ1n) is 7.92. The highest BCUT2D eigenvalue weighted by atomic mass is 16.6. The summed E-state index contributed by atoms with van der Waals surface area (Å²) in [6.45, 7) is 1.21. The quantitative estimate of drug-likeness (QED) is 0.490. The van der Waals surface area contributed by atoms with Crippen LogP contribution in [0, 0.1) is 10.1 Å². The Hall–Kier alpha value is -3.68. The van der Waals surface area contributed by atoms with Crippen LogP contribution in [0.1, 0.15) is 5.56 Å². The maximum absolute atomic E-state index is 12.0. The number of amides is 3. The molecule has 0 aliphatic carbocycles. The number of urea groups is 1. The van der Waals surface area contributed by atoms with E-state index in [9.17, 15) is 19.7 Å². The Balaban J connectivity index is 1.65. The highest BCUT2D eigenvalue weighted by Crippen LogP contribution is 2.21. The lowest BCUT2D eigenvalue weighted by Gasteiger charge is -2.14. The molecule has 3 rings (SSSR count). The third-order valence-corrected chi connectivity index (χ3v) is 3.85. The van der Waals surface area contributed by atoms with Crippen molar-refractivity contribution in [2.45, 2.75) is 0 Å². The van der Waals surface area contributed by atoms with Gasteiger partial charge in [0.25, 0.3) is 5.69 Å². The smallest absolute Gasteiger partial charge is 0.321 e. The molecule has 0 unspecified atom stereocenters. The molecule has 8 heteroatoms. The van der Waals surface area contributed by atoms with Crippen molar-refractivity contribution in [3.63, 3.8) is 0 Å². The zero-order valence-corrected chi connectivity index (χ0v) is 13.7. The van der Waals surface area contributed by atoms with Crippen molar-refractivity contribution in [3.05, 3.63) is 70.3 Å². The van der Waals surface area contributed by atoms with Gasteiger partial charge in [0.1, 0.15) is 0 Å². The largest absolute Gasteiger partial charge is 0.336 e. The van der Waals surface area contributed by atoms with Gasteiger partial charge in [0.2, 0.25) is 5.91 Å². The molecule has 0 radical (unpaired) electrons. The van der Waals surface area contributed by atoms with Crippen molar-refractivity contribution in [1.82, 2.24) is 5.32 Å². The van der Waals surface area contributed by atoms with Gasteiger partial charge in [-0.3, -0.25) is 19.8 Å². The topological polar surface area (TPSA) is 105 Å². The molecular weight excluding hydrogens is 336 g/mol. The Labute approximate surface area is 149 Å². The molecule has 8 nitrogen and oxygen atoms in total. The third kappa shape index (κ3) is 3.86. The minimum atomic E-state index is -0.495. The normalized spacial score (nSPS) is 13.7. The molecule has 1 aliphatic heterocycles. The summed E-state index contributed by atoms with van der Waals surface area (Å²) in [6.07, 6.45) is 2.64. The number of nitro benzene ring substituents is 1. The second-order valence-electron chi connectivity index (χ2n) is 5.57. The van der Waals surface area contributed by atoms with Gasteiger partial charge in [0, 0.05) is 36.6 Å². The Bertz CT molecular complexity index is 877. The standard InChI is InChI=1S/C18H16N4O4/c23-17(10-5-13-3-1-2-4-16(13)22(25)26)20-14-6-8-15(9-7-14)21-12-11-19-18(21)24/h1-10H,11-12H2,(H,19,24)(H,20,23)/b10-5+. The highest BCUT2D eigenvalue weighted by molar-refractivity contribution is 6.02. The van der Waals surface area contributed by atoms with E-state index in [1.54, 1.807) is 47.4 Å². The lowest BCUT2D eigenvalue weighted by atomic mass is 10.1. The Morgan fingerprint density at radius 3 is 2.58 bits per heavy atom. The van der Waals surface area contributed by atoms with E-state index in [4.69, 9.17) is 0 Å². The lowest BCUT2D eigenvalue weighted by molar-refractivity contribution is -0.385. The molecule has 26 heavy (non-hydrogen) atoms. The van der Waals surface area contributed by atoms with Gasteiger partial charge in [-0.1, -0.05) is 12.1 Å². The molecule has 1 aliphatic rings. The van der Waals surface area contributed by atoms with Crippen LogP contribution in [0.3, 0.4) is 0 Å². The number of carbonyl (C=O) groups is 2. The van der Waals surface area contributed by atoms with E-state index in [1.165, 1.54) is 18.2 Å². The van der Waals surface area contributed by atoms with E-state index >= 15 is 0 Å². The molecule has 0 bridgehead atoms. The fourth-order valence-electron chi connectivity index (χ4n) is 2.59. The van der Waals surface area contributed by atoms with Gasteiger partial charge in [-0.25, -0.2) is 4.79 Å². The second-order valence-corrected chi connectivity index (χ2v) is 5.57. The van der Waals surface area contributed by atoms with Gasteiger partial charge >= 0.3 is 6.03 Å². The fourth-order valence-corrected chi connectivity index (χ4v) is 2.59. The molecule has 2 aromatic carbocycles. The molecule has 0 spiro atoms. The third-order valence-electron chi connectivity index (χ3n) is 3.85. The van der Waals surface area contributed by atoms with Gasteiger partial charge < -0.3 is 10.6 Å². The summed E-state index contributed by atoms with van der Waals surface area (Å²) in [5.41, 5.74) is 1.59. The van der Waals surface area contributed by atoms with E-state index in [-0.39, 0.29) is 11.7 Å². The first-order chi connectivity index (χ1) is 12.5. The molecule has 2 aromatic rings. The summed E-state index contributed by atoms with van der Waals surface area (Å²) < 4.78 is 0. The van der Waals surface area contributed by atoms with E-state index in [0.29, 0.717) is 24.3 Å². The van der Waals surface area contributed by atoms with E-state index in [2.05, 4.69) is 10.6 Å². The zero-order chi connectivity index (χ0) is 18.5. The predicted octanol–water partition coefficient (Wildman–Crippen LogP) is 2.78. The minimum absolute atomic E-state index is 0.0650. The summed E-state index contributed by atoms with van der Waals surface area (Å²) >= 11 is 0. The summed E-state index contributed by atoms with van der Waals surface area (Å²) in [5, 5.41) is 16.4. The van der Waals surface area contributed by atoms with Gasteiger partial charge in [0.05, 0.1) is 10.5 Å². The summed E-state index contributed by atoms with van der Waals surface area (Å²) in [7, 11) is 0. The van der Waals surface area contributed by atoms with E-state index < -0.39 is 10.8 Å². The summed E-state index contributed by atoms with van der Waals surface area (Å²) in [6, 6.07) is 12.9. The number of hydrogen-bond acceptors (Lipinski definition) is 4. The monoisotopic (exact) mass is 352 g/mol. The number of nitrogens with zero attached hydrogens (tertiary/aromatic N) is 2. The molecule has 3 amide bonds. The molecule has 0 atom stereocenters. The Morgan fingerprint density at radius 1 is 1.19 bits per heavy atom. The van der Waals surface area contributed by atoms with Crippen LogP contribution < -0.4 is 15.5 Å². The summed E-state index contributed by atoms with van der Waals surface area (Å²) in [5.74, 6) is -0.408. The molecule has 1 saturated heterocycles. The summed E-state index contributed by atoms with van der Waals surface area (Å²) in [4.78, 5) is 35.7. The predicted molar refractivity (Wildman–Crippen MR) is 97.9 cm³/mol. The first kappa shape index (κ1) is 17.2. The van der Waals surface area contributed by atoms with Gasteiger partial charge in [-0.15, -0.1) is 0 Å². The zero-order valence-electron chi connectivity index (χ0n) is 13.7. The van der Waals surface area contributed by atoms with Crippen LogP contribution in [0.4, 0.5) is 21.9 Å². The Kier molecular flexibility index (Phi) is 4.93.